The fourth-order valence-corrected chi connectivity index (χ4v) is 1.87. The number of alkyl halides is 3. The number of halogens is 3. The lowest BCUT2D eigenvalue weighted by Gasteiger charge is -2.14. The molecule has 2 N–H and O–H groups in total. The molecule has 0 aliphatic carbocycles. The van der Waals surface area contributed by atoms with E-state index in [4.69, 9.17) is 0 Å². The van der Waals surface area contributed by atoms with Crippen molar-refractivity contribution in [2.75, 3.05) is 13.1 Å². The molecule has 8 heteroatoms. The average molecular weight is 315 g/mol. The monoisotopic (exact) mass is 315 g/mol. The van der Waals surface area contributed by atoms with Crippen molar-refractivity contribution in [2.24, 2.45) is 0 Å². The highest BCUT2D eigenvalue weighted by Gasteiger charge is 2.31. The zero-order chi connectivity index (χ0) is 16.0. The zero-order valence-corrected chi connectivity index (χ0v) is 11.6. The number of aliphatic hydroxyl groups is 1. The molecule has 0 spiro atoms. The Labute approximate surface area is 125 Å². The lowest BCUT2D eigenvalue weighted by atomic mass is 10.1. The largest absolute Gasteiger partial charge is 0.573 e. The van der Waals surface area contributed by atoms with Gasteiger partial charge in [-0.3, -0.25) is 4.68 Å². The van der Waals surface area contributed by atoms with E-state index in [-0.39, 0.29) is 5.75 Å². The van der Waals surface area contributed by atoms with Crippen molar-refractivity contribution in [3.05, 3.63) is 48.3 Å². The Morgan fingerprint density at radius 2 is 2.00 bits per heavy atom. The van der Waals surface area contributed by atoms with Crippen LogP contribution in [0.1, 0.15) is 11.7 Å². The molecule has 0 saturated carbocycles. The fraction of sp³-hybridized carbons (Fsp3) is 0.357. The third-order valence-corrected chi connectivity index (χ3v) is 2.91. The Hall–Kier alpha value is -2.06. The standard InChI is InChI=1S/C14H16F3N3O2/c15-14(16,17)22-12-4-2-11(3-5-12)13(21)10-18-7-9-20-8-1-6-19-20/h1-6,8,13,18,21H,7,9-10H2/t13-/m0/s1. The topological polar surface area (TPSA) is 59.3 Å². The molecule has 0 aliphatic rings. The third kappa shape index (κ3) is 5.38. The maximum Gasteiger partial charge on any atom is 0.573 e. The molecular weight excluding hydrogens is 299 g/mol. The molecule has 0 bridgehead atoms. The van der Waals surface area contributed by atoms with Crippen molar-refractivity contribution in [1.29, 1.82) is 0 Å². The molecule has 2 aromatic rings. The average Bonchev–Trinajstić information content (AvgIpc) is 2.95. The van der Waals surface area contributed by atoms with Crippen molar-refractivity contribution >= 4 is 0 Å². The van der Waals surface area contributed by atoms with Gasteiger partial charge in [0.1, 0.15) is 5.75 Å². The fourth-order valence-electron chi connectivity index (χ4n) is 1.87. The summed E-state index contributed by atoms with van der Waals surface area (Å²) in [5, 5.41) is 17.0. The molecule has 0 radical (unpaired) electrons. The summed E-state index contributed by atoms with van der Waals surface area (Å²) in [6.07, 6.45) is -2.01. The van der Waals surface area contributed by atoms with Crippen LogP contribution in [0.25, 0.3) is 0 Å². The summed E-state index contributed by atoms with van der Waals surface area (Å²) in [5.74, 6) is -0.310. The number of rotatable bonds is 7. The minimum absolute atomic E-state index is 0.292. The molecule has 1 aromatic heterocycles. The predicted molar refractivity (Wildman–Crippen MR) is 73.2 cm³/mol. The maximum absolute atomic E-state index is 12.0. The number of aromatic nitrogens is 2. The molecule has 0 saturated heterocycles. The Morgan fingerprint density at radius 1 is 1.27 bits per heavy atom. The number of aliphatic hydroxyl groups excluding tert-OH is 1. The number of benzene rings is 1. The van der Waals surface area contributed by atoms with E-state index in [9.17, 15) is 18.3 Å². The van der Waals surface area contributed by atoms with Crippen molar-refractivity contribution in [3.63, 3.8) is 0 Å². The lowest BCUT2D eigenvalue weighted by molar-refractivity contribution is -0.274. The smallest absolute Gasteiger partial charge is 0.406 e. The first-order chi connectivity index (χ1) is 10.4. The van der Waals surface area contributed by atoms with Gasteiger partial charge in [0.25, 0.3) is 0 Å². The Bertz CT molecular complexity index is 556. The number of nitrogens with one attached hydrogen (secondary N) is 1. The summed E-state index contributed by atoms with van der Waals surface area (Å²) in [7, 11) is 0. The predicted octanol–water partition coefficient (Wildman–Crippen LogP) is 2.10. The van der Waals surface area contributed by atoms with Crippen molar-refractivity contribution < 1.29 is 23.0 Å². The first-order valence-corrected chi connectivity index (χ1v) is 6.66. The number of hydrogen-bond acceptors (Lipinski definition) is 4. The van der Waals surface area contributed by atoms with Crippen molar-refractivity contribution in [2.45, 2.75) is 19.0 Å². The summed E-state index contributed by atoms with van der Waals surface area (Å²) in [6, 6.07) is 6.98. The minimum Gasteiger partial charge on any atom is -0.406 e. The zero-order valence-electron chi connectivity index (χ0n) is 11.6. The molecular formula is C14H16F3N3O2. The van der Waals surface area contributed by atoms with E-state index in [0.717, 1.165) is 0 Å². The van der Waals surface area contributed by atoms with Crippen LogP contribution in [0.5, 0.6) is 5.75 Å². The van der Waals surface area contributed by atoms with Crippen LogP contribution >= 0.6 is 0 Å². The van der Waals surface area contributed by atoms with Crippen molar-refractivity contribution in [3.8, 4) is 5.75 Å². The molecule has 1 aromatic carbocycles. The normalized spacial score (nSPS) is 13.1. The highest BCUT2D eigenvalue weighted by molar-refractivity contribution is 5.28. The molecule has 0 amide bonds. The third-order valence-electron chi connectivity index (χ3n) is 2.91. The Kier molecular flexibility index (Phi) is 5.40. The number of nitrogens with zero attached hydrogens (tertiary/aromatic N) is 2. The van der Waals surface area contributed by atoms with E-state index >= 15 is 0 Å². The van der Waals surface area contributed by atoms with E-state index in [1.807, 2.05) is 12.3 Å². The Balaban J connectivity index is 1.76. The number of ether oxygens (including phenoxy) is 1. The van der Waals surface area contributed by atoms with Gasteiger partial charge in [-0.05, 0) is 23.8 Å². The van der Waals surface area contributed by atoms with Crippen LogP contribution in [0.15, 0.2) is 42.7 Å². The van der Waals surface area contributed by atoms with Gasteiger partial charge in [-0.15, -0.1) is 13.2 Å². The van der Waals surface area contributed by atoms with E-state index in [0.29, 0.717) is 25.2 Å². The molecule has 120 valence electrons. The molecule has 0 aliphatic heterocycles. The summed E-state index contributed by atoms with van der Waals surface area (Å²) in [6.45, 7) is 1.58. The molecule has 1 atom stereocenters. The van der Waals surface area contributed by atoms with Crippen molar-refractivity contribution in [1.82, 2.24) is 15.1 Å². The Morgan fingerprint density at radius 3 is 2.59 bits per heavy atom. The van der Waals surface area contributed by atoms with Gasteiger partial charge in [0.2, 0.25) is 0 Å². The molecule has 5 nitrogen and oxygen atoms in total. The summed E-state index contributed by atoms with van der Waals surface area (Å²) >= 11 is 0. The highest BCUT2D eigenvalue weighted by atomic mass is 19.4. The van der Waals surface area contributed by atoms with Crippen LogP contribution in [0.2, 0.25) is 0 Å². The molecule has 22 heavy (non-hydrogen) atoms. The highest BCUT2D eigenvalue weighted by Crippen LogP contribution is 2.24. The van der Waals surface area contributed by atoms with Gasteiger partial charge >= 0.3 is 6.36 Å². The van der Waals surface area contributed by atoms with Gasteiger partial charge in [0.15, 0.2) is 0 Å². The van der Waals surface area contributed by atoms with Gasteiger partial charge in [-0.25, -0.2) is 0 Å². The summed E-state index contributed by atoms with van der Waals surface area (Å²) in [5.41, 5.74) is 0.515. The minimum atomic E-state index is -4.71. The summed E-state index contributed by atoms with van der Waals surface area (Å²) in [4.78, 5) is 0. The van der Waals surface area contributed by atoms with Gasteiger partial charge in [-0.2, -0.15) is 5.10 Å². The van der Waals surface area contributed by atoms with Gasteiger partial charge in [-0.1, -0.05) is 12.1 Å². The van der Waals surface area contributed by atoms with E-state index in [1.165, 1.54) is 24.3 Å². The maximum atomic E-state index is 12.0. The number of hydrogen-bond donors (Lipinski definition) is 2. The van der Waals surface area contributed by atoms with Gasteiger partial charge in [0.05, 0.1) is 12.6 Å². The van der Waals surface area contributed by atoms with Crippen LogP contribution in [0.3, 0.4) is 0 Å². The second kappa shape index (κ2) is 7.28. The molecule has 0 unspecified atom stereocenters. The van der Waals surface area contributed by atoms with Crippen LogP contribution in [-0.2, 0) is 6.54 Å². The second-order valence-corrected chi connectivity index (χ2v) is 4.61. The van der Waals surface area contributed by atoms with Gasteiger partial charge < -0.3 is 15.2 Å². The van der Waals surface area contributed by atoms with Crippen LogP contribution in [0, 0.1) is 0 Å². The quantitative estimate of drug-likeness (QED) is 0.768. The SMILES string of the molecule is O[C@@H](CNCCn1cccn1)c1ccc(OC(F)(F)F)cc1. The second-order valence-electron chi connectivity index (χ2n) is 4.61. The van der Waals surface area contributed by atoms with E-state index < -0.39 is 12.5 Å². The van der Waals surface area contributed by atoms with Gasteiger partial charge in [0, 0.05) is 25.5 Å². The molecule has 1 heterocycles. The molecule has 2 rings (SSSR count). The van der Waals surface area contributed by atoms with Crippen LogP contribution in [0.4, 0.5) is 13.2 Å². The van der Waals surface area contributed by atoms with Crippen LogP contribution in [-0.4, -0.2) is 34.3 Å². The first-order valence-electron chi connectivity index (χ1n) is 6.66. The lowest BCUT2D eigenvalue weighted by Crippen LogP contribution is -2.25. The van der Waals surface area contributed by atoms with E-state index in [1.54, 1.807) is 10.9 Å². The first kappa shape index (κ1) is 16.3. The summed E-state index contributed by atoms with van der Waals surface area (Å²) < 4.78 is 41.6. The molecule has 0 fully saturated rings. The van der Waals surface area contributed by atoms with Crippen LogP contribution < -0.4 is 10.1 Å². The van der Waals surface area contributed by atoms with E-state index in [2.05, 4.69) is 15.2 Å².